The Morgan fingerprint density at radius 2 is 1.95 bits per heavy atom. The number of nitrogens with two attached hydrogens (primary N) is 1. The minimum Gasteiger partial charge on any atom is -0.326 e. The zero-order valence-electron chi connectivity index (χ0n) is 11.8. The minimum absolute atomic E-state index is 0.370. The molecule has 1 aliphatic heterocycles. The molecule has 1 aliphatic carbocycles. The van der Waals surface area contributed by atoms with Crippen LogP contribution in [0.4, 0.5) is 0 Å². The third-order valence-corrected chi connectivity index (χ3v) is 4.55. The molecular formula is C16H25N3. The van der Waals surface area contributed by atoms with Gasteiger partial charge in [0.15, 0.2) is 0 Å². The Morgan fingerprint density at radius 3 is 2.63 bits per heavy atom. The van der Waals surface area contributed by atoms with E-state index in [0.717, 1.165) is 32.1 Å². The molecule has 0 aromatic heterocycles. The molecule has 1 heterocycles. The molecule has 19 heavy (non-hydrogen) atoms. The Bertz CT molecular complexity index is 402. The van der Waals surface area contributed by atoms with Crippen molar-refractivity contribution in [2.24, 2.45) is 11.7 Å². The van der Waals surface area contributed by atoms with Gasteiger partial charge in [-0.25, -0.2) is 0 Å². The van der Waals surface area contributed by atoms with E-state index in [-0.39, 0.29) is 0 Å². The van der Waals surface area contributed by atoms with Gasteiger partial charge >= 0.3 is 0 Å². The van der Waals surface area contributed by atoms with Crippen LogP contribution in [0, 0.1) is 5.92 Å². The largest absolute Gasteiger partial charge is 0.326 e. The molecule has 2 unspecified atom stereocenters. The zero-order chi connectivity index (χ0) is 13.2. The summed E-state index contributed by atoms with van der Waals surface area (Å²) in [6, 6.07) is 11.8. The summed E-state index contributed by atoms with van der Waals surface area (Å²) in [6.07, 6.45) is 2.68. The SMILES string of the molecule is CN1CCN(CC(N)C2CC2)C(c2ccccc2)C1. The van der Waals surface area contributed by atoms with Gasteiger partial charge in [-0.2, -0.15) is 0 Å². The van der Waals surface area contributed by atoms with Crippen LogP contribution in [0.2, 0.25) is 0 Å². The van der Waals surface area contributed by atoms with Crippen LogP contribution in [-0.4, -0.2) is 49.1 Å². The molecule has 3 nitrogen and oxygen atoms in total. The molecule has 0 spiro atoms. The number of piperazine rings is 1. The first-order chi connectivity index (χ1) is 9.24. The predicted octanol–water partition coefficient (Wildman–Crippen LogP) is 1.71. The average Bonchev–Trinajstić information content (AvgIpc) is 3.26. The number of rotatable bonds is 4. The molecule has 0 amide bonds. The standard InChI is InChI=1S/C16H25N3/c1-18-9-10-19(11-15(17)13-7-8-13)16(12-18)14-5-3-2-4-6-14/h2-6,13,15-16H,7-12,17H2,1H3. The summed E-state index contributed by atoms with van der Waals surface area (Å²) in [7, 11) is 2.22. The molecule has 2 aliphatic rings. The van der Waals surface area contributed by atoms with Gasteiger partial charge in [0.2, 0.25) is 0 Å². The van der Waals surface area contributed by atoms with Gasteiger partial charge in [-0.05, 0) is 31.4 Å². The third kappa shape index (κ3) is 3.16. The molecule has 2 fully saturated rings. The Kier molecular flexibility index (Phi) is 3.87. The van der Waals surface area contributed by atoms with Crippen molar-refractivity contribution < 1.29 is 0 Å². The van der Waals surface area contributed by atoms with E-state index < -0.39 is 0 Å². The molecule has 1 saturated heterocycles. The van der Waals surface area contributed by atoms with Crippen LogP contribution in [-0.2, 0) is 0 Å². The summed E-state index contributed by atoms with van der Waals surface area (Å²) in [5, 5.41) is 0. The first-order valence-electron chi connectivity index (χ1n) is 7.47. The van der Waals surface area contributed by atoms with Crippen LogP contribution in [0.5, 0.6) is 0 Å². The van der Waals surface area contributed by atoms with Crippen molar-refractivity contribution in [2.45, 2.75) is 24.9 Å². The average molecular weight is 259 g/mol. The highest BCUT2D eigenvalue weighted by atomic mass is 15.3. The summed E-state index contributed by atoms with van der Waals surface area (Å²) in [5.41, 5.74) is 7.76. The normalized spacial score (nSPS) is 27.4. The Morgan fingerprint density at radius 1 is 1.21 bits per heavy atom. The Labute approximate surface area is 116 Å². The lowest BCUT2D eigenvalue weighted by Gasteiger charge is -2.41. The number of hydrogen-bond donors (Lipinski definition) is 1. The minimum atomic E-state index is 0.370. The van der Waals surface area contributed by atoms with Gasteiger partial charge in [0.1, 0.15) is 0 Å². The van der Waals surface area contributed by atoms with E-state index in [0.29, 0.717) is 12.1 Å². The van der Waals surface area contributed by atoms with Gasteiger partial charge in [-0.3, -0.25) is 4.90 Å². The number of benzene rings is 1. The lowest BCUT2D eigenvalue weighted by atomic mass is 10.0. The van der Waals surface area contributed by atoms with E-state index in [1.165, 1.54) is 18.4 Å². The molecule has 104 valence electrons. The fourth-order valence-corrected chi connectivity index (χ4v) is 3.11. The van der Waals surface area contributed by atoms with Gasteiger partial charge < -0.3 is 10.6 Å². The number of hydrogen-bond acceptors (Lipinski definition) is 3. The fourth-order valence-electron chi connectivity index (χ4n) is 3.11. The van der Waals surface area contributed by atoms with E-state index in [9.17, 15) is 0 Å². The van der Waals surface area contributed by atoms with Crippen molar-refractivity contribution in [3.8, 4) is 0 Å². The molecule has 1 aromatic carbocycles. The molecule has 2 N–H and O–H groups in total. The first kappa shape index (κ1) is 13.1. The van der Waals surface area contributed by atoms with Crippen molar-refractivity contribution in [1.82, 2.24) is 9.80 Å². The highest BCUT2D eigenvalue weighted by Gasteiger charge is 2.33. The molecule has 3 heteroatoms. The Hall–Kier alpha value is -0.900. The molecule has 2 atom stereocenters. The maximum absolute atomic E-state index is 6.33. The van der Waals surface area contributed by atoms with E-state index in [1.54, 1.807) is 0 Å². The van der Waals surface area contributed by atoms with Crippen LogP contribution in [0.3, 0.4) is 0 Å². The van der Waals surface area contributed by atoms with E-state index >= 15 is 0 Å². The Balaban J connectivity index is 1.72. The van der Waals surface area contributed by atoms with Gasteiger partial charge in [-0.1, -0.05) is 30.3 Å². The second kappa shape index (κ2) is 5.61. The summed E-state index contributed by atoms with van der Waals surface area (Å²) in [6.45, 7) is 4.46. The molecular weight excluding hydrogens is 234 g/mol. The van der Waals surface area contributed by atoms with Gasteiger partial charge in [0.05, 0.1) is 0 Å². The topological polar surface area (TPSA) is 32.5 Å². The van der Waals surface area contributed by atoms with E-state index in [4.69, 9.17) is 5.73 Å². The van der Waals surface area contributed by atoms with Gasteiger partial charge in [-0.15, -0.1) is 0 Å². The van der Waals surface area contributed by atoms with Gasteiger partial charge in [0, 0.05) is 38.3 Å². The number of likely N-dealkylation sites (N-methyl/N-ethyl adjacent to an activating group) is 1. The third-order valence-electron chi connectivity index (χ3n) is 4.55. The smallest absolute Gasteiger partial charge is 0.0476 e. The summed E-state index contributed by atoms with van der Waals surface area (Å²) in [4.78, 5) is 5.02. The van der Waals surface area contributed by atoms with Crippen molar-refractivity contribution in [2.75, 3.05) is 33.2 Å². The van der Waals surface area contributed by atoms with E-state index in [1.807, 2.05) is 0 Å². The van der Waals surface area contributed by atoms with Crippen LogP contribution in [0.25, 0.3) is 0 Å². The highest BCUT2D eigenvalue weighted by molar-refractivity contribution is 5.20. The lowest BCUT2D eigenvalue weighted by molar-refractivity contribution is 0.0823. The van der Waals surface area contributed by atoms with Crippen molar-refractivity contribution in [3.05, 3.63) is 35.9 Å². The fraction of sp³-hybridized carbons (Fsp3) is 0.625. The molecule has 3 rings (SSSR count). The second-order valence-electron chi connectivity index (χ2n) is 6.18. The van der Waals surface area contributed by atoms with Gasteiger partial charge in [0.25, 0.3) is 0 Å². The van der Waals surface area contributed by atoms with Crippen molar-refractivity contribution >= 4 is 0 Å². The predicted molar refractivity (Wildman–Crippen MR) is 79.0 cm³/mol. The van der Waals surface area contributed by atoms with Crippen LogP contribution >= 0.6 is 0 Å². The van der Waals surface area contributed by atoms with E-state index in [2.05, 4.69) is 47.2 Å². The van der Waals surface area contributed by atoms with Crippen molar-refractivity contribution in [1.29, 1.82) is 0 Å². The summed E-state index contributed by atoms with van der Waals surface area (Å²) < 4.78 is 0. The van der Waals surface area contributed by atoms with Crippen molar-refractivity contribution in [3.63, 3.8) is 0 Å². The monoisotopic (exact) mass is 259 g/mol. The molecule has 0 bridgehead atoms. The molecule has 0 radical (unpaired) electrons. The van der Waals surface area contributed by atoms with Crippen LogP contribution in [0.15, 0.2) is 30.3 Å². The number of nitrogens with zero attached hydrogens (tertiary/aromatic N) is 2. The summed E-state index contributed by atoms with van der Waals surface area (Å²) in [5.74, 6) is 0.788. The molecule has 1 aromatic rings. The van der Waals surface area contributed by atoms with Crippen LogP contribution < -0.4 is 5.73 Å². The van der Waals surface area contributed by atoms with Crippen LogP contribution in [0.1, 0.15) is 24.4 Å². The maximum atomic E-state index is 6.33. The first-order valence-corrected chi connectivity index (χ1v) is 7.47. The maximum Gasteiger partial charge on any atom is 0.0476 e. The zero-order valence-corrected chi connectivity index (χ0v) is 11.8. The highest BCUT2D eigenvalue weighted by Crippen LogP contribution is 2.33. The lowest BCUT2D eigenvalue weighted by Crippen LogP contribution is -2.50. The molecule has 1 saturated carbocycles. The summed E-state index contributed by atoms with van der Waals surface area (Å²) >= 11 is 0. The quantitative estimate of drug-likeness (QED) is 0.893. The second-order valence-corrected chi connectivity index (χ2v) is 6.18.